The third-order valence-corrected chi connectivity index (χ3v) is 1.44. The molecule has 1 heteroatoms. The molecule has 1 aromatic rings. The third kappa shape index (κ3) is 2.46. The number of nitrogens with two attached hydrogens (primary N) is 1. The first-order valence-electron chi connectivity index (χ1n) is 3.69. The maximum atomic E-state index is 5.54. The summed E-state index contributed by atoms with van der Waals surface area (Å²) in [6.07, 6.45) is 1.97. The van der Waals surface area contributed by atoms with Gasteiger partial charge in [0.2, 0.25) is 0 Å². The highest BCUT2D eigenvalue weighted by Gasteiger charge is 1.87. The number of benzene rings is 1. The maximum absolute atomic E-state index is 5.54. The van der Waals surface area contributed by atoms with Crippen molar-refractivity contribution in [1.82, 2.24) is 0 Å². The van der Waals surface area contributed by atoms with Gasteiger partial charge < -0.3 is 5.73 Å². The van der Waals surface area contributed by atoms with Crippen molar-refractivity contribution in [2.75, 3.05) is 0 Å². The Bertz CT molecular complexity index is 270. The van der Waals surface area contributed by atoms with Crippen molar-refractivity contribution in [3.8, 4) is 0 Å². The van der Waals surface area contributed by atoms with Crippen LogP contribution < -0.4 is 5.73 Å². The molecule has 0 atom stereocenters. The van der Waals surface area contributed by atoms with E-state index in [1.54, 1.807) is 0 Å². The van der Waals surface area contributed by atoms with Gasteiger partial charge in [-0.05, 0) is 25.5 Å². The van der Waals surface area contributed by atoms with Gasteiger partial charge in [0.15, 0.2) is 0 Å². The van der Waals surface area contributed by atoms with E-state index < -0.39 is 0 Å². The molecular formula is C10H13N. The third-order valence-electron chi connectivity index (χ3n) is 1.44. The van der Waals surface area contributed by atoms with Crippen LogP contribution in [0.25, 0.3) is 6.08 Å². The topological polar surface area (TPSA) is 26.0 Å². The zero-order valence-electron chi connectivity index (χ0n) is 6.96. The zero-order chi connectivity index (χ0) is 8.27. The SMILES string of the molecule is CC(N)=Cc1cccc(C)c1. The molecule has 0 unspecified atom stereocenters. The van der Waals surface area contributed by atoms with Crippen LogP contribution in [-0.2, 0) is 0 Å². The highest BCUT2D eigenvalue weighted by molar-refractivity contribution is 5.52. The first-order chi connectivity index (χ1) is 5.18. The molecule has 0 aromatic heterocycles. The molecule has 58 valence electrons. The van der Waals surface area contributed by atoms with E-state index in [1.165, 1.54) is 11.1 Å². The highest BCUT2D eigenvalue weighted by atomic mass is 14.5. The number of hydrogen-bond acceptors (Lipinski definition) is 1. The molecule has 1 rings (SSSR count). The molecule has 0 radical (unpaired) electrons. The molecule has 1 aromatic carbocycles. The van der Waals surface area contributed by atoms with Crippen LogP contribution in [0.2, 0.25) is 0 Å². The minimum atomic E-state index is 0.843. The van der Waals surface area contributed by atoms with Crippen molar-refractivity contribution in [2.45, 2.75) is 13.8 Å². The predicted molar refractivity (Wildman–Crippen MR) is 49.0 cm³/mol. The summed E-state index contributed by atoms with van der Waals surface area (Å²) in [4.78, 5) is 0. The van der Waals surface area contributed by atoms with Crippen LogP contribution in [0, 0.1) is 6.92 Å². The second kappa shape index (κ2) is 3.24. The first-order valence-corrected chi connectivity index (χ1v) is 3.69. The summed E-state index contributed by atoms with van der Waals surface area (Å²) in [5.41, 5.74) is 8.81. The number of hydrogen-bond donors (Lipinski definition) is 1. The quantitative estimate of drug-likeness (QED) is 0.648. The fourth-order valence-electron chi connectivity index (χ4n) is 1.02. The van der Waals surface area contributed by atoms with Crippen molar-refractivity contribution < 1.29 is 0 Å². The predicted octanol–water partition coefficient (Wildman–Crippen LogP) is 2.31. The minimum Gasteiger partial charge on any atom is -0.402 e. The van der Waals surface area contributed by atoms with Crippen LogP contribution in [-0.4, -0.2) is 0 Å². The van der Waals surface area contributed by atoms with Gasteiger partial charge in [-0.1, -0.05) is 29.8 Å². The Kier molecular flexibility index (Phi) is 2.32. The molecule has 0 saturated heterocycles. The first kappa shape index (κ1) is 7.86. The summed E-state index contributed by atoms with van der Waals surface area (Å²) in [5.74, 6) is 0. The molecule has 0 amide bonds. The fraction of sp³-hybridized carbons (Fsp3) is 0.200. The van der Waals surface area contributed by atoms with Gasteiger partial charge in [-0.2, -0.15) is 0 Å². The van der Waals surface area contributed by atoms with Crippen LogP contribution in [0.5, 0.6) is 0 Å². The van der Waals surface area contributed by atoms with Gasteiger partial charge in [0.25, 0.3) is 0 Å². The van der Waals surface area contributed by atoms with Crippen molar-refractivity contribution in [3.63, 3.8) is 0 Å². The van der Waals surface area contributed by atoms with E-state index in [4.69, 9.17) is 5.73 Å². The molecule has 1 nitrogen and oxygen atoms in total. The lowest BCUT2D eigenvalue weighted by Gasteiger charge is -1.95. The van der Waals surface area contributed by atoms with Gasteiger partial charge in [0.1, 0.15) is 0 Å². The van der Waals surface area contributed by atoms with E-state index in [-0.39, 0.29) is 0 Å². The number of rotatable bonds is 1. The Morgan fingerprint density at radius 3 is 2.73 bits per heavy atom. The van der Waals surface area contributed by atoms with Crippen molar-refractivity contribution >= 4 is 6.08 Å². The minimum absolute atomic E-state index is 0.843. The Morgan fingerprint density at radius 2 is 2.18 bits per heavy atom. The summed E-state index contributed by atoms with van der Waals surface area (Å²) in [6.45, 7) is 3.96. The summed E-state index contributed by atoms with van der Waals surface area (Å²) in [5, 5.41) is 0. The molecule has 0 aliphatic rings. The van der Waals surface area contributed by atoms with Gasteiger partial charge in [-0.15, -0.1) is 0 Å². The number of aryl methyl sites for hydroxylation is 1. The molecule has 0 saturated carbocycles. The molecule has 0 fully saturated rings. The lowest BCUT2D eigenvalue weighted by Crippen LogP contribution is -1.89. The molecule has 0 spiro atoms. The van der Waals surface area contributed by atoms with Crippen molar-refractivity contribution in [2.24, 2.45) is 5.73 Å². The van der Waals surface area contributed by atoms with Crippen LogP contribution >= 0.6 is 0 Å². The molecule has 0 bridgehead atoms. The van der Waals surface area contributed by atoms with E-state index in [2.05, 4.69) is 19.1 Å². The van der Waals surface area contributed by atoms with Crippen molar-refractivity contribution in [3.05, 3.63) is 41.1 Å². The summed E-state index contributed by atoms with van der Waals surface area (Å²) in [7, 11) is 0. The maximum Gasteiger partial charge on any atom is 0.00548 e. The largest absolute Gasteiger partial charge is 0.402 e. The smallest absolute Gasteiger partial charge is 0.00548 e. The van der Waals surface area contributed by atoms with Crippen molar-refractivity contribution in [1.29, 1.82) is 0 Å². The summed E-state index contributed by atoms with van der Waals surface area (Å²) in [6, 6.07) is 8.26. The molecule has 2 N–H and O–H groups in total. The average molecular weight is 147 g/mol. The van der Waals surface area contributed by atoms with Crippen LogP contribution in [0.4, 0.5) is 0 Å². The second-order valence-corrected chi connectivity index (χ2v) is 2.80. The lowest BCUT2D eigenvalue weighted by molar-refractivity contribution is 1.34. The van der Waals surface area contributed by atoms with E-state index >= 15 is 0 Å². The zero-order valence-corrected chi connectivity index (χ0v) is 6.96. The monoisotopic (exact) mass is 147 g/mol. The Morgan fingerprint density at radius 1 is 1.45 bits per heavy atom. The van der Waals surface area contributed by atoms with Gasteiger partial charge in [-0.3, -0.25) is 0 Å². The van der Waals surface area contributed by atoms with E-state index in [0.29, 0.717) is 0 Å². The van der Waals surface area contributed by atoms with E-state index in [0.717, 1.165) is 5.70 Å². The van der Waals surface area contributed by atoms with E-state index in [1.807, 2.05) is 25.1 Å². The van der Waals surface area contributed by atoms with E-state index in [9.17, 15) is 0 Å². The summed E-state index contributed by atoms with van der Waals surface area (Å²) < 4.78 is 0. The fourth-order valence-corrected chi connectivity index (χ4v) is 1.02. The standard InChI is InChI=1S/C10H13N/c1-8-4-3-5-10(6-8)7-9(2)11/h3-7H,11H2,1-2H3. The second-order valence-electron chi connectivity index (χ2n) is 2.80. The molecule has 11 heavy (non-hydrogen) atoms. The molecular weight excluding hydrogens is 134 g/mol. The Labute approximate surface area is 67.5 Å². The molecule has 0 aliphatic heterocycles. The number of allylic oxidation sites excluding steroid dienone is 1. The van der Waals surface area contributed by atoms with Gasteiger partial charge in [-0.25, -0.2) is 0 Å². The Hall–Kier alpha value is -1.24. The highest BCUT2D eigenvalue weighted by Crippen LogP contribution is 2.06. The molecule has 0 heterocycles. The van der Waals surface area contributed by atoms with Crippen LogP contribution in [0.3, 0.4) is 0 Å². The van der Waals surface area contributed by atoms with Gasteiger partial charge >= 0.3 is 0 Å². The Balaban J connectivity index is 2.97. The van der Waals surface area contributed by atoms with Gasteiger partial charge in [0.05, 0.1) is 0 Å². The summed E-state index contributed by atoms with van der Waals surface area (Å²) >= 11 is 0. The van der Waals surface area contributed by atoms with Gasteiger partial charge in [0, 0.05) is 5.70 Å². The van der Waals surface area contributed by atoms with Crippen LogP contribution in [0.1, 0.15) is 18.1 Å². The normalized spacial score (nSPS) is 11.6. The lowest BCUT2D eigenvalue weighted by atomic mass is 10.1. The average Bonchev–Trinajstić information content (AvgIpc) is 1.85. The van der Waals surface area contributed by atoms with Crippen LogP contribution in [0.15, 0.2) is 30.0 Å². The molecule has 0 aliphatic carbocycles.